The van der Waals surface area contributed by atoms with Crippen LogP contribution in [-0.2, 0) is 10.2 Å². The van der Waals surface area contributed by atoms with Gasteiger partial charge in [-0.05, 0) is 49.2 Å². The second-order valence-electron chi connectivity index (χ2n) is 10.4. The van der Waals surface area contributed by atoms with Crippen molar-refractivity contribution in [2.75, 3.05) is 30.8 Å². The molecule has 3 amide bonds. The highest BCUT2D eigenvalue weighted by molar-refractivity contribution is 5.96. The minimum Gasteiger partial charge on any atom is -0.497 e. The molecule has 0 fully saturated rings. The average molecular weight is 492 g/mol. The van der Waals surface area contributed by atoms with Crippen molar-refractivity contribution in [3.63, 3.8) is 0 Å². The van der Waals surface area contributed by atoms with E-state index >= 15 is 0 Å². The minimum absolute atomic E-state index is 0.0932. The smallest absolute Gasteiger partial charge is 0.322 e. The van der Waals surface area contributed by atoms with Gasteiger partial charge < -0.3 is 20.3 Å². The number of methoxy groups -OCH3 is 1. The predicted octanol–water partition coefficient (Wildman–Crippen LogP) is 5.62. The molecule has 0 saturated heterocycles. The summed E-state index contributed by atoms with van der Waals surface area (Å²) in [7, 11) is 1.59. The molecule has 0 aliphatic heterocycles. The molecule has 2 N–H and O–H groups in total. The van der Waals surface area contributed by atoms with E-state index in [1.165, 1.54) is 4.90 Å². The Balaban J connectivity index is 1.79. The largest absolute Gasteiger partial charge is 0.497 e. The van der Waals surface area contributed by atoms with Crippen LogP contribution in [0.4, 0.5) is 16.3 Å². The van der Waals surface area contributed by atoms with E-state index in [4.69, 9.17) is 9.84 Å². The number of rotatable bonds is 8. The molecule has 0 unspecified atom stereocenters. The van der Waals surface area contributed by atoms with Crippen molar-refractivity contribution in [1.29, 1.82) is 0 Å². The zero-order chi connectivity index (χ0) is 26.5. The van der Waals surface area contributed by atoms with Crippen LogP contribution in [0.2, 0.25) is 0 Å². The maximum Gasteiger partial charge on any atom is 0.322 e. The van der Waals surface area contributed by atoms with Crippen molar-refractivity contribution in [2.45, 2.75) is 47.0 Å². The lowest BCUT2D eigenvalue weighted by Crippen LogP contribution is -2.42. The topological polar surface area (TPSA) is 88.5 Å². The van der Waals surface area contributed by atoms with Crippen LogP contribution in [0, 0.1) is 12.8 Å². The minimum atomic E-state index is -0.341. The number of carbonyl (C=O) groups excluding carboxylic acids is 2. The lowest BCUT2D eigenvalue weighted by molar-refractivity contribution is -0.116. The Morgan fingerprint density at radius 2 is 1.67 bits per heavy atom. The number of aromatic nitrogens is 2. The van der Waals surface area contributed by atoms with Crippen molar-refractivity contribution in [3.05, 3.63) is 65.9 Å². The maximum absolute atomic E-state index is 13.2. The van der Waals surface area contributed by atoms with Gasteiger partial charge in [-0.15, -0.1) is 0 Å². The van der Waals surface area contributed by atoms with Crippen molar-refractivity contribution in [1.82, 2.24) is 14.7 Å². The van der Waals surface area contributed by atoms with E-state index in [0.29, 0.717) is 23.8 Å². The SMILES string of the molecule is COc1ccc(NC(=O)N(CC(=O)Nc2cc(C(C)(C)C)nn2-c2ccc(C)cc2)CC(C)C)cc1. The molecule has 192 valence electrons. The quantitative estimate of drug-likeness (QED) is 0.428. The molecule has 36 heavy (non-hydrogen) atoms. The van der Waals surface area contributed by atoms with Crippen LogP contribution in [0.3, 0.4) is 0 Å². The number of anilines is 2. The van der Waals surface area contributed by atoms with Gasteiger partial charge in [0.15, 0.2) is 0 Å². The van der Waals surface area contributed by atoms with Crippen LogP contribution in [0.5, 0.6) is 5.75 Å². The van der Waals surface area contributed by atoms with E-state index in [9.17, 15) is 9.59 Å². The number of amides is 3. The van der Waals surface area contributed by atoms with E-state index in [1.807, 2.05) is 51.1 Å². The Morgan fingerprint density at radius 1 is 1.03 bits per heavy atom. The van der Waals surface area contributed by atoms with Crippen LogP contribution in [-0.4, -0.2) is 46.8 Å². The number of nitrogens with one attached hydrogen (secondary N) is 2. The van der Waals surface area contributed by atoms with Crippen molar-refractivity contribution in [2.24, 2.45) is 5.92 Å². The molecule has 0 saturated carbocycles. The standard InChI is InChI=1S/C28H37N5O3/c1-19(2)17-32(27(35)29-21-10-14-23(36-7)15-11-21)18-26(34)30-25-16-24(28(4,5)6)31-33(25)22-12-8-20(3)9-13-22/h8-16,19H,17-18H2,1-7H3,(H,29,35)(H,30,34). The van der Waals surface area contributed by atoms with Gasteiger partial charge in [-0.2, -0.15) is 5.10 Å². The second kappa shape index (κ2) is 11.3. The highest BCUT2D eigenvalue weighted by Gasteiger charge is 2.23. The fraction of sp³-hybridized carbons (Fsp3) is 0.393. The fourth-order valence-corrected chi connectivity index (χ4v) is 3.61. The number of urea groups is 1. The summed E-state index contributed by atoms with van der Waals surface area (Å²) in [5, 5.41) is 10.6. The molecule has 0 bridgehead atoms. The lowest BCUT2D eigenvalue weighted by Gasteiger charge is -2.24. The summed E-state index contributed by atoms with van der Waals surface area (Å²) in [6, 6.07) is 16.6. The third-order valence-corrected chi connectivity index (χ3v) is 5.57. The average Bonchev–Trinajstić information content (AvgIpc) is 3.23. The summed E-state index contributed by atoms with van der Waals surface area (Å²) in [5.41, 5.74) is 3.27. The number of nitrogens with zero attached hydrogens (tertiary/aromatic N) is 3. The first kappa shape index (κ1) is 26.8. The number of carbonyl (C=O) groups is 2. The normalized spacial score (nSPS) is 11.3. The van der Waals surface area contributed by atoms with Gasteiger partial charge in [0, 0.05) is 23.7 Å². The molecule has 0 aliphatic carbocycles. The zero-order valence-electron chi connectivity index (χ0n) is 22.3. The van der Waals surface area contributed by atoms with E-state index in [0.717, 1.165) is 16.9 Å². The Kier molecular flexibility index (Phi) is 8.40. The third-order valence-electron chi connectivity index (χ3n) is 5.57. The molecule has 8 nitrogen and oxygen atoms in total. The highest BCUT2D eigenvalue weighted by Crippen LogP contribution is 2.26. The summed E-state index contributed by atoms with van der Waals surface area (Å²) in [6.07, 6.45) is 0. The van der Waals surface area contributed by atoms with Gasteiger partial charge in [0.1, 0.15) is 18.1 Å². The molecule has 3 rings (SSSR count). The molecular formula is C28H37N5O3. The molecule has 0 aliphatic rings. The van der Waals surface area contributed by atoms with Gasteiger partial charge in [-0.1, -0.05) is 52.3 Å². The van der Waals surface area contributed by atoms with Crippen molar-refractivity contribution in [3.8, 4) is 11.4 Å². The second-order valence-corrected chi connectivity index (χ2v) is 10.4. The van der Waals surface area contributed by atoms with Gasteiger partial charge in [-0.3, -0.25) is 4.79 Å². The number of ether oxygens (including phenoxy) is 1. The first-order valence-electron chi connectivity index (χ1n) is 12.1. The molecule has 8 heteroatoms. The number of hydrogen-bond acceptors (Lipinski definition) is 4. The summed E-state index contributed by atoms with van der Waals surface area (Å²) in [6.45, 7) is 12.6. The molecule has 1 heterocycles. The molecule has 2 aromatic carbocycles. The van der Waals surface area contributed by atoms with E-state index in [2.05, 4.69) is 31.4 Å². The predicted molar refractivity (Wildman–Crippen MR) is 144 cm³/mol. The molecule has 1 aromatic heterocycles. The van der Waals surface area contributed by atoms with E-state index in [-0.39, 0.29) is 29.8 Å². The van der Waals surface area contributed by atoms with Crippen LogP contribution in [0.25, 0.3) is 5.69 Å². The molecule has 0 radical (unpaired) electrons. The monoisotopic (exact) mass is 491 g/mol. The first-order chi connectivity index (χ1) is 17.0. The third kappa shape index (κ3) is 7.10. The Morgan fingerprint density at radius 3 is 2.22 bits per heavy atom. The molecule has 0 atom stereocenters. The molecular weight excluding hydrogens is 454 g/mol. The molecule has 0 spiro atoms. The fourth-order valence-electron chi connectivity index (χ4n) is 3.61. The Hall–Kier alpha value is -3.81. The zero-order valence-corrected chi connectivity index (χ0v) is 22.3. The Bertz CT molecular complexity index is 1180. The van der Waals surface area contributed by atoms with Crippen molar-refractivity contribution < 1.29 is 14.3 Å². The summed E-state index contributed by atoms with van der Waals surface area (Å²) < 4.78 is 6.91. The summed E-state index contributed by atoms with van der Waals surface area (Å²) in [4.78, 5) is 27.7. The highest BCUT2D eigenvalue weighted by atomic mass is 16.5. The van der Waals surface area contributed by atoms with Crippen LogP contribution in [0.15, 0.2) is 54.6 Å². The van der Waals surface area contributed by atoms with E-state index < -0.39 is 0 Å². The van der Waals surface area contributed by atoms with E-state index in [1.54, 1.807) is 36.1 Å². The van der Waals surface area contributed by atoms with Crippen molar-refractivity contribution >= 4 is 23.4 Å². The van der Waals surface area contributed by atoms with Gasteiger partial charge in [0.2, 0.25) is 5.91 Å². The lowest BCUT2D eigenvalue weighted by atomic mass is 9.92. The van der Waals surface area contributed by atoms with Crippen LogP contribution >= 0.6 is 0 Å². The Labute approximate surface area is 213 Å². The van der Waals surface area contributed by atoms with Crippen LogP contribution < -0.4 is 15.4 Å². The number of benzene rings is 2. The van der Waals surface area contributed by atoms with Gasteiger partial charge in [0.25, 0.3) is 0 Å². The number of aryl methyl sites for hydroxylation is 1. The summed E-state index contributed by atoms with van der Waals surface area (Å²) >= 11 is 0. The maximum atomic E-state index is 13.2. The molecule has 3 aromatic rings. The van der Waals surface area contributed by atoms with Gasteiger partial charge in [-0.25, -0.2) is 9.48 Å². The van der Waals surface area contributed by atoms with Crippen LogP contribution in [0.1, 0.15) is 45.9 Å². The number of hydrogen-bond donors (Lipinski definition) is 2. The van der Waals surface area contributed by atoms with Gasteiger partial charge in [0.05, 0.1) is 18.5 Å². The van der Waals surface area contributed by atoms with Gasteiger partial charge >= 0.3 is 6.03 Å². The first-order valence-corrected chi connectivity index (χ1v) is 12.1. The summed E-state index contributed by atoms with van der Waals surface area (Å²) in [5.74, 6) is 1.15.